The lowest BCUT2D eigenvalue weighted by molar-refractivity contribution is 0.0956. The number of hydrogen-bond donors (Lipinski definition) is 1. The van der Waals surface area contributed by atoms with Gasteiger partial charge in [-0.05, 0) is 42.8 Å². The number of unbranched alkanes of at least 4 members (excludes halogenated alkanes) is 1. The fourth-order valence-corrected chi connectivity index (χ4v) is 4.81. The van der Waals surface area contributed by atoms with Crippen LogP contribution in [0.2, 0.25) is 0 Å². The highest BCUT2D eigenvalue weighted by atomic mass is 32.2. The van der Waals surface area contributed by atoms with E-state index in [1.54, 1.807) is 42.5 Å². The first-order chi connectivity index (χ1) is 15.4. The molecular weight excluding hydrogens is 433 g/mol. The number of carbonyl (C=O) groups is 1. The minimum absolute atomic E-state index is 0.0173. The van der Waals surface area contributed by atoms with Crippen LogP contribution in [-0.2, 0) is 10.0 Å². The van der Waals surface area contributed by atoms with Crippen molar-refractivity contribution in [3.63, 3.8) is 0 Å². The van der Waals surface area contributed by atoms with Crippen LogP contribution in [0, 0.1) is 5.82 Å². The van der Waals surface area contributed by atoms with Gasteiger partial charge in [-0.1, -0.05) is 25.5 Å². The van der Waals surface area contributed by atoms with Crippen molar-refractivity contribution in [2.24, 2.45) is 0 Å². The van der Waals surface area contributed by atoms with Gasteiger partial charge in [-0.25, -0.2) is 12.8 Å². The Kier molecular flexibility index (Phi) is 8.46. The molecule has 2 aromatic carbocycles. The second kappa shape index (κ2) is 11.3. The van der Waals surface area contributed by atoms with Crippen LogP contribution in [0.25, 0.3) is 0 Å². The maximum Gasteiger partial charge on any atom is 0.251 e. The highest BCUT2D eigenvalue weighted by Gasteiger charge is 2.27. The molecule has 0 atom stereocenters. The lowest BCUT2D eigenvalue weighted by atomic mass is 10.2. The van der Waals surface area contributed by atoms with Gasteiger partial charge in [0.25, 0.3) is 5.91 Å². The summed E-state index contributed by atoms with van der Waals surface area (Å²) in [4.78, 5) is 14.2. The van der Waals surface area contributed by atoms with Crippen molar-refractivity contribution in [2.75, 3.05) is 50.0 Å². The van der Waals surface area contributed by atoms with Gasteiger partial charge < -0.3 is 15.0 Å². The zero-order chi connectivity index (χ0) is 23.0. The summed E-state index contributed by atoms with van der Waals surface area (Å²) in [6, 6.07) is 13.3. The quantitative estimate of drug-likeness (QED) is 0.548. The number of ether oxygens (including phenoxy) is 1. The van der Waals surface area contributed by atoms with Gasteiger partial charge in [0.05, 0.1) is 18.0 Å². The molecule has 1 fully saturated rings. The maximum atomic E-state index is 14.0. The van der Waals surface area contributed by atoms with Crippen molar-refractivity contribution >= 4 is 21.6 Å². The third kappa shape index (κ3) is 6.43. The van der Waals surface area contributed by atoms with Crippen LogP contribution in [-0.4, -0.2) is 63.7 Å². The summed E-state index contributed by atoms with van der Waals surface area (Å²) in [7, 11) is -3.52. The van der Waals surface area contributed by atoms with Crippen LogP contribution in [0.5, 0.6) is 5.75 Å². The van der Waals surface area contributed by atoms with E-state index in [-0.39, 0.29) is 37.1 Å². The first-order valence-electron chi connectivity index (χ1n) is 10.9. The molecule has 1 amide bonds. The molecule has 0 bridgehead atoms. The number of sulfonamides is 1. The van der Waals surface area contributed by atoms with Crippen LogP contribution in [0.1, 0.15) is 30.1 Å². The van der Waals surface area contributed by atoms with Crippen molar-refractivity contribution in [3.8, 4) is 5.75 Å². The number of halogens is 1. The zero-order valence-electron chi connectivity index (χ0n) is 18.3. The summed E-state index contributed by atoms with van der Waals surface area (Å²) in [5.74, 6) is -0.125. The summed E-state index contributed by atoms with van der Waals surface area (Å²) in [6.45, 7) is 4.13. The van der Waals surface area contributed by atoms with Gasteiger partial charge >= 0.3 is 0 Å². The summed E-state index contributed by atoms with van der Waals surface area (Å²) in [6.07, 6.45) is 2.01. The standard InChI is InChI=1S/C23H30FN3O4S/c1-2-3-17-31-20-10-8-19(9-11-20)23(28)25-12-18-32(29,30)27-15-13-26(14-16-27)22-7-5-4-6-21(22)24/h4-11H,2-3,12-18H2,1H3,(H,25,28). The minimum atomic E-state index is -3.52. The number of nitrogens with one attached hydrogen (secondary N) is 1. The number of amides is 1. The average molecular weight is 464 g/mol. The molecule has 9 heteroatoms. The number of para-hydroxylation sites is 1. The van der Waals surface area contributed by atoms with Crippen molar-refractivity contribution in [3.05, 3.63) is 59.9 Å². The first kappa shape index (κ1) is 24.0. The first-order valence-corrected chi connectivity index (χ1v) is 12.5. The zero-order valence-corrected chi connectivity index (χ0v) is 19.1. The van der Waals surface area contributed by atoms with Crippen molar-refractivity contribution in [1.82, 2.24) is 9.62 Å². The van der Waals surface area contributed by atoms with E-state index in [0.717, 1.165) is 12.8 Å². The van der Waals surface area contributed by atoms with Gasteiger partial charge in [-0.3, -0.25) is 4.79 Å². The van der Waals surface area contributed by atoms with Crippen LogP contribution in [0.15, 0.2) is 48.5 Å². The second-order valence-corrected chi connectivity index (χ2v) is 9.72. The van der Waals surface area contributed by atoms with Crippen molar-refractivity contribution < 1.29 is 22.3 Å². The lowest BCUT2D eigenvalue weighted by Crippen LogP contribution is -2.50. The highest BCUT2D eigenvalue weighted by molar-refractivity contribution is 7.89. The molecule has 32 heavy (non-hydrogen) atoms. The Bertz CT molecular complexity index is 991. The molecule has 1 saturated heterocycles. The number of nitrogens with zero attached hydrogens (tertiary/aromatic N) is 2. The smallest absolute Gasteiger partial charge is 0.251 e. The summed E-state index contributed by atoms with van der Waals surface area (Å²) in [5.41, 5.74) is 0.933. The Morgan fingerprint density at radius 3 is 2.41 bits per heavy atom. The molecule has 0 aliphatic carbocycles. The Labute approximate surface area is 189 Å². The Morgan fingerprint density at radius 2 is 1.75 bits per heavy atom. The molecule has 1 aliphatic heterocycles. The molecule has 0 saturated carbocycles. The molecule has 7 nitrogen and oxygen atoms in total. The van der Waals surface area contributed by atoms with Gasteiger partial charge in [-0.2, -0.15) is 4.31 Å². The van der Waals surface area contributed by atoms with Gasteiger partial charge in [0, 0.05) is 38.3 Å². The van der Waals surface area contributed by atoms with E-state index in [9.17, 15) is 17.6 Å². The van der Waals surface area contributed by atoms with E-state index >= 15 is 0 Å². The SMILES string of the molecule is CCCCOc1ccc(C(=O)NCCS(=O)(=O)N2CCN(c3ccccc3F)CC2)cc1. The second-order valence-electron chi connectivity index (χ2n) is 7.64. The predicted octanol–water partition coefficient (Wildman–Crippen LogP) is 2.89. The number of rotatable bonds is 10. The molecule has 2 aromatic rings. The number of benzene rings is 2. The fourth-order valence-electron chi connectivity index (χ4n) is 3.48. The van der Waals surface area contributed by atoms with E-state index in [1.807, 2.05) is 4.90 Å². The molecule has 1 N–H and O–H groups in total. The fraction of sp³-hybridized carbons (Fsp3) is 0.435. The largest absolute Gasteiger partial charge is 0.494 e. The Balaban J connectivity index is 1.44. The van der Waals surface area contributed by atoms with Crippen LogP contribution in [0.3, 0.4) is 0 Å². The number of anilines is 1. The van der Waals surface area contributed by atoms with Crippen molar-refractivity contribution in [1.29, 1.82) is 0 Å². The van der Waals surface area contributed by atoms with Gasteiger partial charge in [0.1, 0.15) is 11.6 Å². The summed E-state index contributed by atoms with van der Waals surface area (Å²) >= 11 is 0. The highest BCUT2D eigenvalue weighted by Crippen LogP contribution is 2.21. The van der Waals surface area contributed by atoms with E-state index < -0.39 is 10.0 Å². The summed E-state index contributed by atoms with van der Waals surface area (Å²) < 4.78 is 46.2. The average Bonchev–Trinajstić information content (AvgIpc) is 2.80. The van der Waals surface area contributed by atoms with E-state index in [0.29, 0.717) is 36.7 Å². The lowest BCUT2D eigenvalue weighted by Gasteiger charge is -2.35. The number of hydrogen-bond acceptors (Lipinski definition) is 5. The third-order valence-corrected chi connectivity index (χ3v) is 7.23. The molecular formula is C23H30FN3O4S. The Morgan fingerprint density at radius 1 is 1.06 bits per heavy atom. The van der Waals surface area contributed by atoms with Gasteiger partial charge in [0.2, 0.25) is 10.0 Å². The van der Waals surface area contributed by atoms with Gasteiger partial charge in [0.15, 0.2) is 0 Å². The van der Waals surface area contributed by atoms with Crippen LogP contribution in [0.4, 0.5) is 10.1 Å². The van der Waals surface area contributed by atoms with Gasteiger partial charge in [-0.15, -0.1) is 0 Å². The number of carbonyl (C=O) groups excluding carboxylic acids is 1. The predicted molar refractivity (Wildman–Crippen MR) is 123 cm³/mol. The molecule has 0 radical (unpaired) electrons. The van der Waals surface area contributed by atoms with E-state index in [1.165, 1.54) is 10.4 Å². The molecule has 174 valence electrons. The Hall–Kier alpha value is -2.65. The van der Waals surface area contributed by atoms with E-state index in [2.05, 4.69) is 12.2 Å². The third-order valence-electron chi connectivity index (χ3n) is 5.35. The molecule has 3 rings (SSSR count). The topological polar surface area (TPSA) is 78.9 Å². The molecule has 1 heterocycles. The molecule has 0 aromatic heterocycles. The maximum absolute atomic E-state index is 14.0. The molecule has 1 aliphatic rings. The van der Waals surface area contributed by atoms with Crippen molar-refractivity contribution in [2.45, 2.75) is 19.8 Å². The van der Waals surface area contributed by atoms with Crippen LogP contribution < -0.4 is 15.0 Å². The monoisotopic (exact) mass is 463 g/mol. The van der Waals surface area contributed by atoms with E-state index in [4.69, 9.17) is 4.74 Å². The minimum Gasteiger partial charge on any atom is -0.494 e. The normalized spacial score (nSPS) is 14.9. The van der Waals surface area contributed by atoms with Crippen LogP contribution >= 0.6 is 0 Å². The molecule has 0 unspecified atom stereocenters. The summed E-state index contributed by atoms with van der Waals surface area (Å²) in [5, 5.41) is 2.66. The molecule has 0 spiro atoms. The number of piperazine rings is 1.